The molecule has 2 amide bonds. The second kappa shape index (κ2) is 7.27. The van der Waals surface area contributed by atoms with Crippen LogP contribution in [0, 0.1) is 0 Å². The van der Waals surface area contributed by atoms with Crippen LogP contribution in [0.5, 0.6) is 0 Å². The number of amides is 2. The van der Waals surface area contributed by atoms with Crippen LogP contribution in [-0.4, -0.2) is 17.6 Å². The minimum absolute atomic E-state index is 0.283. The van der Waals surface area contributed by atoms with Crippen molar-refractivity contribution in [2.24, 2.45) is 0 Å². The molecule has 3 aromatic rings. The molecule has 0 fully saturated rings. The van der Waals surface area contributed by atoms with Gasteiger partial charge in [-0.2, -0.15) is 0 Å². The first-order valence-corrected chi connectivity index (χ1v) is 8.74. The van der Waals surface area contributed by atoms with Crippen molar-refractivity contribution < 1.29 is 4.79 Å². The van der Waals surface area contributed by atoms with Gasteiger partial charge in [-0.3, -0.25) is 0 Å². The molecule has 0 aliphatic carbocycles. The predicted octanol–water partition coefficient (Wildman–Crippen LogP) is 4.81. The molecule has 130 valence electrons. The van der Waals surface area contributed by atoms with Crippen LogP contribution in [0.1, 0.15) is 12.0 Å². The summed E-state index contributed by atoms with van der Waals surface area (Å²) in [5.74, 6) is 0.895. The molecule has 0 saturated heterocycles. The summed E-state index contributed by atoms with van der Waals surface area (Å²) in [7, 11) is 0. The van der Waals surface area contributed by atoms with E-state index in [0.717, 1.165) is 30.9 Å². The maximum Gasteiger partial charge on any atom is 0.323 e. The predicted molar refractivity (Wildman–Crippen MR) is 105 cm³/mol. The number of carbonyl (C=O) groups excluding carboxylic acids is 1. The van der Waals surface area contributed by atoms with Gasteiger partial charge in [0.25, 0.3) is 0 Å². The molecule has 1 aromatic heterocycles. The first-order chi connectivity index (χ1) is 12.8. The number of aromatic nitrogens is 1. The molecule has 2 heterocycles. The summed E-state index contributed by atoms with van der Waals surface area (Å²) < 4.78 is 0. The van der Waals surface area contributed by atoms with Crippen LogP contribution >= 0.6 is 0 Å². The van der Waals surface area contributed by atoms with Gasteiger partial charge in [-0.1, -0.05) is 36.4 Å². The maximum atomic E-state index is 12.1. The number of nitrogens with one attached hydrogen (secondary N) is 2. The van der Waals surface area contributed by atoms with Gasteiger partial charge in [-0.15, -0.1) is 0 Å². The third-order valence-electron chi connectivity index (χ3n) is 4.42. The van der Waals surface area contributed by atoms with Gasteiger partial charge < -0.3 is 15.5 Å². The van der Waals surface area contributed by atoms with Crippen LogP contribution < -0.4 is 15.5 Å². The van der Waals surface area contributed by atoms with Crippen LogP contribution in [0.25, 0.3) is 0 Å². The number of pyridine rings is 1. The third-order valence-corrected chi connectivity index (χ3v) is 4.42. The second-order valence-corrected chi connectivity index (χ2v) is 6.23. The van der Waals surface area contributed by atoms with Gasteiger partial charge in [0.1, 0.15) is 5.82 Å². The summed E-state index contributed by atoms with van der Waals surface area (Å²) >= 11 is 0. The number of hydrogen-bond acceptors (Lipinski definition) is 3. The normalized spacial score (nSPS) is 13.0. The van der Waals surface area contributed by atoms with E-state index in [1.165, 1.54) is 11.3 Å². The summed E-state index contributed by atoms with van der Waals surface area (Å²) in [4.78, 5) is 18.8. The van der Waals surface area contributed by atoms with Crippen molar-refractivity contribution >= 4 is 28.9 Å². The largest absolute Gasteiger partial charge is 0.326 e. The van der Waals surface area contributed by atoms with Gasteiger partial charge >= 0.3 is 6.03 Å². The Hall–Kier alpha value is -3.34. The summed E-state index contributed by atoms with van der Waals surface area (Å²) in [5, 5.41) is 5.60. The second-order valence-electron chi connectivity index (χ2n) is 6.23. The number of anilines is 4. The Morgan fingerprint density at radius 1 is 0.885 bits per heavy atom. The van der Waals surface area contributed by atoms with E-state index < -0.39 is 0 Å². The Morgan fingerprint density at radius 3 is 2.46 bits per heavy atom. The fourth-order valence-electron chi connectivity index (χ4n) is 3.21. The molecule has 0 unspecified atom stereocenters. The number of nitrogens with zero attached hydrogens (tertiary/aromatic N) is 2. The zero-order valence-corrected chi connectivity index (χ0v) is 14.4. The van der Waals surface area contributed by atoms with Gasteiger partial charge in [-0.25, -0.2) is 9.78 Å². The zero-order valence-electron chi connectivity index (χ0n) is 14.4. The van der Waals surface area contributed by atoms with Gasteiger partial charge in [-0.05, 0) is 48.7 Å². The van der Waals surface area contributed by atoms with E-state index in [4.69, 9.17) is 0 Å². The number of urea groups is 1. The summed E-state index contributed by atoms with van der Waals surface area (Å²) in [6, 6.07) is 21.3. The lowest BCUT2D eigenvalue weighted by atomic mass is 10.0. The quantitative estimate of drug-likeness (QED) is 0.717. The van der Waals surface area contributed by atoms with Crippen LogP contribution in [0.4, 0.5) is 27.7 Å². The average molecular weight is 344 g/mol. The topological polar surface area (TPSA) is 57.3 Å². The number of para-hydroxylation sites is 2. The highest BCUT2D eigenvalue weighted by atomic mass is 16.2. The molecule has 2 N–H and O–H groups in total. The fraction of sp³-hybridized carbons (Fsp3) is 0.143. The van der Waals surface area contributed by atoms with Crippen molar-refractivity contribution in [1.29, 1.82) is 0 Å². The van der Waals surface area contributed by atoms with Crippen molar-refractivity contribution in [3.05, 3.63) is 78.5 Å². The Bertz CT molecular complexity index is 893. The number of hydrogen-bond donors (Lipinski definition) is 2. The van der Waals surface area contributed by atoms with E-state index in [9.17, 15) is 4.79 Å². The summed E-state index contributed by atoms with van der Waals surface area (Å²) in [6.45, 7) is 0.950. The highest BCUT2D eigenvalue weighted by Crippen LogP contribution is 2.32. The molecule has 0 atom stereocenters. The maximum absolute atomic E-state index is 12.1. The highest BCUT2D eigenvalue weighted by Gasteiger charge is 2.18. The molecular formula is C21H20N4O. The van der Waals surface area contributed by atoms with E-state index in [0.29, 0.717) is 5.69 Å². The van der Waals surface area contributed by atoms with Gasteiger partial charge in [0.05, 0.1) is 11.9 Å². The minimum atomic E-state index is -0.283. The van der Waals surface area contributed by atoms with Gasteiger partial charge in [0.2, 0.25) is 0 Å². The molecular weight excluding hydrogens is 324 g/mol. The van der Waals surface area contributed by atoms with E-state index in [1.807, 2.05) is 42.5 Å². The van der Waals surface area contributed by atoms with E-state index in [1.54, 1.807) is 6.20 Å². The highest BCUT2D eigenvalue weighted by molar-refractivity contribution is 5.99. The Morgan fingerprint density at radius 2 is 1.65 bits per heavy atom. The van der Waals surface area contributed by atoms with Crippen LogP contribution in [0.3, 0.4) is 0 Å². The van der Waals surface area contributed by atoms with Crippen molar-refractivity contribution in [2.75, 3.05) is 22.1 Å². The molecule has 1 aliphatic rings. The number of fused-ring (bicyclic) bond motifs is 1. The molecule has 0 radical (unpaired) electrons. The SMILES string of the molecule is O=C(Nc1ccccc1)Nc1ccc(N2CCCc3ccccc32)nc1. The fourth-order valence-corrected chi connectivity index (χ4v) is 3.21. The first-order valence-electron chi connectivity index (χ1n) is 8.74. The van der Waals surface area contributed by atoms with Crippen LogP contribution in [0.2, 0.25) is 0 Å². The lowest BCUT2D eigenvalue weighted by Crippen LogP contribution is -2.25. The van der Waals surface area contributed by atoms with E-state index >= 15 is 0 Å². The molecule has 0 spiro atoms. The molecule has 2 aromatic carbocycles. The molecule has 4 rings (SSSR count). The first kappa shape index (κ1) is 16.1. The molecule has 0 saturated carbocycles. The molecule has 5 nitrogen and oxygen atoms in total. The van der Waals surface area contributed by atoms with Crippen molar-refractivity contribution in [3.63, 3.8) is 0 Å². The minimum Gasteiger partial charge on any atom is -0.326 e. The number of carbonyl (C=O) groups is 1. The molecule has 0 bridgehead atoms. The third kappa shape index (κ3) is 3.52. The zero-order chi connectivity index (χ0) is 17.8. The van der Waals surface area contributed by atoms with Gasteiger partial charge in [0.15, 0.2) is 0 Å². The lowest BCUT2D eigenvalue weighted by molar-refractivity contribution is 0.262. The Balaban J connectivity index is 1.45. The monoisotopic (exact) mass is 344 g/mol. The Labute approximate surface area is 152 Å². The lowest BCUT2D eigenvalue weighted by Gasteiger charge is -2.30. The summed E-state index contributed by atoms with van der Waals surface area (Å²) in [6.07, 6.45) is 3.90. The van der Waals surface area contributed by atoms with Gasteiger partial charge in [0, 0.05) is 17.9 Å². The Kier molecular flexibility index (Phi) is 4.51. The average Bonchev–Trinajstić information content (AvgIpc) is 2.69. The molecule has 1 aliphatic heterocycles. The van der Waals surface area contributed by atoms with Crippen molar-refractivity contribution in [2.45, 2.75) is 12.8 Å². The summed E-state index contributed by atoms with van der Waals surface area (Å²) in [5.41, 5.74) is 3.98. The van der Waals surface area contributed by atoms with E-state index in [-0.39, 0.29) is 6.03 Å². The number of benzene rings is 2. The number of rotatable bonds is 3. The van der Waals surface area contributed by atoms with Crippen molar-refractivity contribution in [3.8, 4) is 0 Å². The van der Waals surface area contributed by atoms with Crippen LogP contribution in [0.15, 0.2) is 72.9 Å². The molecule has 26 heavy (non-hydrogen) atoms. The van der Waals surface area contributed by atoms with E-state index in [2.05, 4.69) is 44.8 Å². The van der Waals surface area contributed by atoms with Crippen molar-refractivity contribution in [1.82, 2.24) is 4.98 Å². The standard InChI is InChI=1S/C21H20N4O/c26-21(23-17-9-2-1-3-10-17)24-18-12-13-20(22-15-18)25-14-6-8-16-7-4-5-11-19(16)25/h1-5,7,9-13,15H,6,8,14H2,(H2,23,24,26). The smallest absolute Gasteiger partial charge is 0.323 e. The van der Waals surface area contributed by atoms with Crippen LogP contribution in [-0.2, 0) is 6.42 Å². The number of aryl methyl sites for hydroxylation is 1. The molecule has 5 heteroatoms.